The van der Waals surface area contributed by atoms with E-state index in [1.54, 1.807) is 31.5 Å². The van der Waals surface area contributed by atoms with Gasteiger partial charge in [0.2, 0.25) is 17.6 Å². The molecule has 3 rings (SSSR count). The number of hydrogen-bond acceptors (Lipinski definition) is 6. The molecule has 0 aromatic carbocycles. The van der Waals surface area contributed by atoms with Crippen molar-refractivity contribution in [2.75, 3.05) is 19.6 Å². The van der Waals surface area contributed by atoms with Crippen molar-refractivity contribution in [2.24, 2.45) is 0 Å². The lowest BCUT2D eigenvalue weighted by Crippen LogP contribution is -2.44. The van der Waals surface area contributed by atoms with E-state index < -0.39 is 6.04 Å². The minimum Gasteiger partial charge on any atom is -0.354 e. The molecule has 3 heterocycles. The molecule has 2 aromatic rings. The Morgan fingerprint density at radius 3 is 3.00 bits per heavy atom. The van der Waals surface area contributed by atoms with Crippen LogP contribution in [0.25, 0.3) is 11.4 Å². The highest BCUT2D eigenvalue weighted by atomic mass is 16.5. The maximum atomic E-state index is 12.3. The van der Waals surface area contributed by atoms with Crippen LogP contribution in [0.2, 0.25) is 0 Å². The monoisotopic (exact) mass is 330 g/mol. The Hall–Kier alpha value is -2.97. The number of pyridine rings is 1. The summed E-state index contributed by atoms with van der Waals surface area (Å²) in [4.78, 5) is 33.5. The maximum absolute atomic E-state index is 12.3. The smallest absolute Gasteiger partial charge is 0.318 e. The summed E-state index contributed by atoms with van der Waals surface area (Å²) in [7, 11) is 0. The second kappa shape index (κ2) is 7.07. The van der Waals surface area contributed by atoms with Gasteiger partial charge in [0.1, 0.15) is 12.6 Å². The summed E-state index contributed by atoms with van der Waals surface area (Å²) in [5.74, 6) is 0.574. The van der Waals surface area contributed by atoms with E-state index in [2.05, 4.69) is 25.8 Å². The Bertz CT molecular complexity index is 717. The van der Waals surface area contributed by atoms with Gasteiger partial charge in [0, 0.05) is 31.0 Å². The predicted octanol–water partition coefficient (Wildman–Crippen LogP) is 0.724. The van der Waals surface area contributed by atoms with E-state index >= 15 is 0 Å². The Labute approximate surface area is 138 Å². The van der Waals surface area contributed by atoms with E-state index in [1.807, 2.05) is 0 Å². The molecule has 1 saturated heterocycles. The normalized spacial score (nSPS) is 16.2. The summed E-state index contributed by atoms with van der Waals surface area (Å²) in [6, 6.07) is 2.75. The number of rotatable bonds is 3. The molecule has 0 saturated carbocycles. The summed E-state index contributed by atoms with van der Waals surface area (Å²) >= 11 is 0. The quantitative estimate of drug-likeness (QED) is 0.857. The van der Waals surface area contributed by atoms with Crippen LogP contribution in [-0.2, 0) is 4.79 Å². The van der Waals surface area contributed by atoms with Crippen LogP contribution in [-0.4, -0.2) is 51.6 Å². The molecule has 1 aliphatic heterocycles. The molecule has 9 heteroatoms. The summed E-state index contributed by atoms with van der Waals surface area (Å²) < 4.78 is 5.22. The fourth-order valence-corrected chi connectivity index (χ4v) is 2.35. The van der Waals surface area contributed by atoms with Crippen LogP contribution >= 0.6 is 0 Å². The standard InChI is InChI=1S/C15H18N6O3/c1-10(18-15(23)21-8-2-5-17-12(22)9-21)14-19-13(20-24-14)11-3-6-16-7-4-11/h3-4,6-7,10H,2,5,8-9H2,1H3,(H,17,22)(H,18,23)/t10-/m0/s1. The highest BCUT2D eigenvalue weighted by Crippen LogP contribution is 2.17. The van der Waals surface area contributed by atoms with Crippen molar-refractivity contribution < 1.29 is 14.1 Å². The third-order valence-corrected chi connectivity index (χ3v) is 3.64. The van der Waals surface area contributed by atoms with Gasteiger partial charge in [-0.1, -0.05) is 5.16 Å². The molecule has 24 heavy (non-hydrogen) atoms. The average Bonchev–Trinajstić information content (AvgIpc) is 2.98. The molecule has 3 amide bonds. The van der Waals surface area contributed by atoms with Crippen molar-refractivity contribution in [1.29, 1.82) is 0 Å². The van der Waals surface area contributed by atoms with Gasteiger partial charge in [-0.2, -0.15) is 4.98 Å². The van der Waals surface area contributed by atoms with Crippen LogP contribution in [0.4, 0.5) is 4.79 Å². The van der Waals surface area contributed by atoms with Crippen LogP contribution in [0.3, 0.4) is 0 Å². The molecule has 1 fully saturated rings. The van der Waals surface area contributed by atoms with Gasteiger partial charge in [-0.3, -0.25) is 9.78 Å². The van der Waals surface area contributed by atoms with Crippen LogP contribution in [0.15, 0.2) is 29.0 Å². The lowest BCUT2D eigenvalue weighted by molar-refractivity contribution is -0.121. The highest BCUT2D eigenvalue weighted by molar-refractivity contribution is 5.84. The SMILES string of the molecule is C[C@H](NC(=O)N1CCCNC(=O)C1)c1nc(-c2ccncc2)no1. The number of hydrogen-bond donors (Lipinski definition) is 2. The highest BCUT2D eigenvalue weighted by Gasteiger charge is 2.23. The van der Waals surface area contributed by atoms with Crippen molar-refractivity contribution in [2.45, 2.75) is 19.4 Å². The van der Waals surface area contributed by atoms with Gasteiger partial charge in [0.05, 0.1) is 0 Å². The van der Waals surface area contributed by atoms with E-state index in [4.69, 9.17) is 4.52 Å². The van der Waals surface area contributed by atoms with Crippen molar-refractivity contribution >= 4 is 11.9 Å². The van der Waals surface area contributed by atoms with Gasteiger partial charge in [-0.05, 0) is 25.5 Å². The number of nitrogens with one attached hydrogen (secondary N) is 2. The van der Waals surface area contributed by atoms with Crippen molar-refractivity contribution in [3.8, 4) is 11.4 Å². The molecule has 0 spiro atoms. The van der Waals surface area contributed by atoms with Gasteiger partial charge in [0.25, 0.3) is 0 Å². The summed E-state index contributed by atoms with van der Waals surface area (Å²) in [5, 5.41) is 9.42. The number of nitrogens with zero attached hydrogens (tertiary/aromatic N) is 4. The summed E-state index contributed by atoms with van der Waals surface area (Å²) in [6.07, 6.45) is 4.00. The number of carbonyl (C=O) groups excluding carboxylic acids is 2. The van der Waals surface area contributed by atoms with E-state index in [0.717, 1.165) is 12.0 Å². The van der Waals surface area contributed by atoms with Crippen molar-refractivity contribution in [3.63, 3.8) is 0 Å². The predicted molar refractivity (Wildman–Crippen MR) is 83.7 cm³/mol. The Balaban J connectivity index is 1.64. The molecule has 9 nitrogen and oxygen atoms in total. The van der Waals surface area contributed by atoms with Crippen LogP contribution < -0.4 is 10.6 Å². The zero-order chi connectivity index (χ0) is 16.9. The first-order valence-corrected chi connectivity index (χ1v) is 7.69. The lowest BCUT2D eigenvalue weighted by atomic mass is 10.2. The minimum atomic E-state index is -0.466. The first kappa shape index (κ1) is 15.9. The third-order valence-electron chi connectivity index (χ3n) is 3.64. The molecule has 126 valence electrons. The van der Waals surface area contributed by atoms with Gasteiger partial charge in [-0.15, -0.1) is 0 Å². The fraction of sp³-hybridized carbons (Fsp3) is 0.400. The number of amides is 3. The van der Waals surface area contributed by atoms with E-state index in [0.29, 0.717) is 24.8 Å². The zero-order valence-corrected chi connectivity index (χ0v) is 13.2. The topological polar surface area (TPSA) is 113 Å². The van der Waals surface area contributed by atoms with Crippen LogP contribution in [0.1, 0.15) is 25.3 Å². The molecule has 0 unspecified atom stereocenters. The van der Waals surface area contributed by atoms with Gasteiger partial charge >= 0.3 is 6.03 Å². The Kier molecular flexibility index (Phi) is 4.69. The lowest BCUT2D eigenvalue weighted by Gasteiger charge is -2.21. The molecule has 1 aliphatic rings. The Morgan fingerprint density at radius 2 is 2.21 bits per heavy atom. The second-order valence-electron chi connectivity index (χ2n) is 5.49. The Morgan fingerprint density at radius 1 is 1.42 bits per heavy atom. The van der Waals surface area contributed by atoms with Crippen LogP contribution in [0, 0.1) is 0 Å². The van der Waals surface area contributed by atoms with E-state index in [9.17, 15) is 9.59 Å². The van der Waals surface area contributed by atoms with Gasteiger partial charge < -0.3 is 20.1 Å². The molecule has 1 atom stereocenters. The largest absolute Gasteiger partial charge is 0.354 e. The fourth-order valence-electron chi connectivity index (χ4n) is 2.35. The van der Waals surface area contributed by atoms with E-state index in [1.165, 1.54) is 4.90 Å². The minimum absolute atomic E-state index is 0.0463. The zero-order valence-electron chi connectivity index (χ0n) is 13.2. The number of carbonyl (C=O) groups is 2. The first-order chi connectivity index (χ1) is 11.6. The molecule has 0 bridgehead atoms. The third kappa shape index (κ3) is 3.67. The molecule has 2 aromatic heterocycles. The van der Waals surface area contributed by atoms with Gasteiger partial charge in [-0.25, -0.2) is 4.79 Å². The first-order valence-electron chi connectivity index (χ1n) is 7.69. The summed E-state index contributed by atoms with van der Waals surface area (Å²) in [5.41, 5.74) is 0.780. The van der Waals surface area contributed by atoms with Gasteiger partial charge in [0.15, 0.2) is 0 Å². The molecular formula is C15H18N6O3. The summed E-state index contributed by atoms with van der Waals surface area (Å²) in [6.45, 7) is 2.89. The molecular weight excluding hydrogens is 312 g/mol. The van der Waals surface area contributed by atoms with Crippen molar-refractivity contribution in [3.05, 3.63) is 30.4 Å². The number of aromatic nitrogens is 3. The second-order valence-corrected chi connectivity index (χ2v) is 5.49. The molecule has 0 aliphatic carbocycles. The molecule has 0 radical (unpaired) electrons. The van der Waals surface area contributed by atoms with E-state index in [-0.39, 0.29) is 18.5 Å². The number of urea groups is 1. The average molecular weight is 330 g/mol. The maximum Gasteiger partial charge on any atom is 0.318 e. The van der Waals surface area contributed by atoms with Crippen LogP contribution in [0.5, 0.6) is 0 Å². The van der Waals surface area contributed by atoms with Crippen molar-refractivity contribution in [1.82, 2.24) is 30.7 Å². The molecule has 2 N–H and O–H groups in total.